The minimum absolute atomic E-state index is 0.101. The Labute approximate surface area is 174 Å². The molecule has 0 radical (unpaired) electrons. The second-order valence-electron chi connectivity index (χ2n) is 6.80. The van der Waals surface area contributed by atoms with Gasteiger partial charge in [0.1, 0.15) is 5.82 Å². The van der Waals surface area contributed by atoms with E-state index in [0.29, 0.717) is 31.3 Å². The topological polar surface area (TPSA) is 52.7 Å². The molecule has 4 rings (SSSR count). The Balaban J connectivity index is 1.43. The van der Waals surface area contributed by atoms with E-state index in [1.807, 2.05) is 47.4 Å². The standard InChI is InChI=1S/C21H20FN3O2S2/c22-17-8-10-18(11-9-17)29(26,27)25-14-12-24(13-15-25)21(28)23-20-7-3-5-16-4-1-2-6-19(16)20/h1-11H,12-15H2,(H,23,28). The quantitative estimate of drug-likeness (QED) is 0.644. The molecule has 5 nitrogen and oxygen atoms in total. The summed E-state index contributed by atoms with van der Waals surface area (Å²) in [5.74, 6) is -0.460. The number of thiocarbonyl (C=S) groups is 1. The fourth-order valence-electron chi connectivity index (χ4n) is 3.42. The third-order valence-corrected chi connectivity index (χ3v) is 7.28. The molecule has 1 fully saturated rings. The zero-order valence-electron chi connectivity index (χ0n) is 15.6. The fraction of sp³-hybridized carbons (Fsp3) is 0.190. The van der Waals surface area contributed by atoms with Crippen molar-refractivity contribution in [3.05, 3.63) is 72.5 Å². The molecule has 0 spiro atoms. The van der Waals surface area contributed by atoms with Crippen molar-refractivity contribution in [1.82, 2.24) is 9.21 Å². The number of fused-ring (bicyclic) bond motifs is 1. The van der Waals surface area contributed by atoms with Gasteiger partial charge in [-0.3, -0.25) is 0 Å². The summed E-state index contributed by atoms with van der Waals surface area (Å²) >= 11 is 5.56. The highest BCUT2D eigenvalue weighted by Gasteiger charge is 2.29. The first-order valence-electron chi connectivity index (χ1n) is 9.24. The summed E-state index contributed by atoms with van der Waals surface area (Å²) < 4.78 is 40.0. The second-order valence-corrected chi connectivity index (χ2v) is 9.13. The van der Waals surface area contributed by atoms with Gasteiger partial charge in [0, 0.05) is 37.3 Å². The smallest absolute Gasteiger partial charge is 0.243 e. The molecule has 1 aliphatic heterocycles. The first-order chi connectivity index (χ1) is 13.9. The maximum Gasteiger partial charge on any atom is 0.243 e. The van der Waals surface area contributed by atoms with E-state index in [1.54, 1.807) is 0 Å². The highest BCUT2D eigenvalue weighted by molar-refractivity contribution is 7.89. The minimum Gasteiger partial charge on any atom is -0.346 e. The van der Waals surface area contributed by atoms with Gasteiger partial charge in [-0.05, 0) is 47.9 Å². The zero-order valence-corrected chi connectivity index (χ0v) is 17.2. The Morgan fingerprint density at radius 2 is 1.55 bits per heavy atom. The average molecular weight is 430 g/mol. The summed E-state index contributed by atoms with van der Waals surface area (Å²) in [4.78, 5) is 2.07. The normalized spacial score (nSPS) is 15.4. The molecular weight excluding hydrogens is 409 g/mol. The Bertz CT molecular complexity index is 1140. The lowest BCUT2D eigenvalue weighted by Gasteiger charge is -2.35. The van der Waals surface area contributed by atoms with Gasteiger partial charge in [0.25, 0.3) is 0 Å². The molecule has 0 bridgehead atoms. The number of piperazine rings is 1. The van der Waals surface area contributed by atoms with Crippen molar-refractivity contribution >= 4 is 43.8 Å². The molecule has 0 unspecified atom stereocenters. The fourth-order valence-corrected chi connectivity index (χ4v) is 5.13. The average Bonchev–Trinajstić information content (AvgIpc) is 2.74. The van der Waals surface area contributed by atoms with E-state index in [2.05, 4.69) is 5.32 Å². The summed E-state index contributed by atoms with van der Waals surface area (Å²) in [6, 6.07) is 19.0. The van der Waals surface area contributed by atoms with Gasteiger partial charge in [-0.25, -0.2) is 12.8 Å². The number of anilines is 1. The number of hydrogen-bond acceptors (Lipinski definition) is 3. The van der Waals surface area contributed by atoms with Crippen molar-refractivity contribution in [3.63, 3.8) is 0 Å². The number of benzene rings is 3. The molecule has 0 saturated carbocycles. The first-order valence-corrected chi connectivity index (χ1v) is 11.1. The molecule has 1 saturated heterocycles. The summed E-state index contributed by atoms with van der Waals surface area (Å²) in [6.07, 6.45) is 0. The third kappa shape index (κ3) is 4.10. The predicted octanol–water partition coefficient (Wildman–Crippen LogP) is 3.68. The Hall–Kier alpha value is -2.55. The zero-order chi connectivity index (χ0) is 20.4. The molecule has 150 valence electrons. The van der Waals surface area contributed by atoms with Crippen LogP contribution in [0.2, 0.25) is 0 Å². The van der Waals surface area contributed by atoms with Crippen molar-refractivity contribution in [2.45, 2.75) is 4.90 Å². The molecule has 1 aliphatic rings. The molecule has 1 heterocycles. The summed E-state index contributed by atoms with van der Waals surface area (Å²) in [7, 11) is -3.64. The van der Waals surface area contributed by atoms with Crippen LogP contribution in [0.25, 0.3) is 10.8 Å². The van der Waals surface area contributed by atoms with Gasteiger partial charge in [0.2, 0.25) is 10.0 Å². The Morgan fingerprint density at radius 3 is 2.28 bits per heavy atom. The molecule has 0 aromatic heterocycles. The Morgan fingerprint density at radius 1 is 0.897 bits per heavy atom. The van der Waals surface area contributed by atoms with Crippen LogP contribution in [0.5, 0.6) is 0 Å². The number of nitrogens with one attached hydrogen (secondary N) is 1. The van der Waals surface area contributed by atoms with Crippen molar-refractivity contribution in [1.29, 1.82) is 0 Å². The summed E-state index contributed by atoms with van der Waals surface area (Å²) in [5, 5.41) is 6.06. The van der Waals surface area contributed by atoms with E-state index in [9.17, 15) is 12.8 Å². The first kappa shape index (κ1) is 19.8. The van der Waals surface area contributed by atoms with E-state index in [-0.39, 0.29) is 4.90 Å². The van der Waals surface area contributed by atoms with Gasteiger partial charge < -0.3 is 10.2 Å². The molecule has 0 aliphatic carbocycles. The molecule has 29 heavy (non-hydrogen) atoms. The Kier molecular flexibility index (Phi) is 5.49. The van der Waals surface area contributed by atoms with Crippen LogP contribution in [0.15, 0.2) is 71.6 Å². The van der Waals surface area contributed by atoms with E-state index in [1.165, 1.54) is 16.4 Å². The number of halogens is 1. The van der Waals surface area contributed by atoms with Crippen LogP contribution >= 0.6 is 12.2 Å². The van der Waals surface area contributed by atoms with Crippen LogP contribution in [0.3, 0.4) is 0 Å². The van der Waals surface area contributed by atoms with Gasteiger partial charge >= 0.3 is 0 Å². The molecule has 3 aromatic carbocycles. The maximum absolute atomic E-state index is 13.1. The number of sulfonamides is 1. The lowest BCUT2D eigenvalue weighted by Crippen LogP contribution is -2.51. The second kappa shape index (κ2) is 8.06. The van der Waals surface area contributed by atoms with E-state index in [4.69, 9.17) is 12.2 Å². The number of nitrogens with zero attached hydrogens (tertiary/aromatic N) is 2. The monoisotopic (exact) mass is 429 g/mol. The lowest BCUT2D eigenvalue weighted by molar-refractivity contribution is 0.268. The van der Waals surface area contributed by atoms with Crippen LogP contribution in [-0.2, 0) is 10.0 Å². The minimum atomic E-state index is -3.64. The van der Waals surface area contributed by atoms with Crippen molar-refractivity contribution in [2.24, 2.45) is 0 Å². The van der Waals surface area contributed by atoms with Crippen LogP contribution in [0.1, 0.15) is 0 Å². The molecule has 3 aromatic rings. The SMILES string of the molecule is O=S(=O)(c1ccc(F)cc1)N1CCN(C(=S)Nc2cccc3ccccc23)CC1. The summed E-state index contributed by atoms with van der Waals surface area (Å²) in [6.45, 7) is 1.60. The van der Waals surface area contributed by atoms with Crippen LogP contribution in [0, 0.1) is 5.82 Å². The van der Waals surface area contributed by atoms with E-state index in [0.717, 1.165) is 28.6 Å². The number of rotatable bonds is 3. The van der Waals surface area contributed by atoms with Crippen LogP contribution in [-0.4, -0.2) is 48.9 Å². The van der Waals surface area contributed by atoms with E-state index < -0.39 is 15.8 Å². The highest BCUT2D eigenvalue weighted by Crippen LogP contribution is 2.24. The highest BCUT2D eigenvalue weighted by atomic mass is 32.2. The lowest BCUT2D eigenvalue weighted by atomic mass is 10.1. The van der Waals surface area contributed by atoms with Gasteiger partial charge in [-0.1, -0.05) is 36.4 Å². The molecule has 0 atom stereocenters. The maximum atomic E-state index is 13.1. The number of hydrogen-bond donors (Lipinski definition) is 1. The van der Waals surface area contributed by atoms with Crippen molar-refractivity contribution in [2.75, 3.05) is 31.5 Å². The largest absolute Gasteiger partial charge is 0.346 e. The van der Waals surface area contributed by atoms with Gasteiger partial charge in [0.05, 0.1) is 4.90 Å². The van der Waals surface area contributed by atoms with Crippen LogP contribution < -0.4 is 5.32 Å². The van der Waals surface area contributed by atoms with E-state index >= 15 is 0 Å². The third-order valence-electron chi connectivity index (χ3n) is 5.01. The molecule has 8 heteroatoms. The van der Waals surface area contributed by atoms with Gasteiger partial charge in [-0.2, -0.15) is 4.31 Å². The van der Waals surface area contributed by atoms with Crippen molar-refractivity contribution < 1.29 is 12.8 Å². The molecule has 1 N–H and O–H groups in total. The van der Waals surface area contributed by atoms with Gasteiger partial charge in [-0.15, -0.1) is 0 Å². The van der Waals surface area contributed by atoms with Crippen LogP contribution in [0.4, 0.5) is 10.1 Å². The predicted molar refractivity (Wildman–Crippen MR) is 117 cm³/mol. The van der Waals surface area contributed by atoms with Crippen molar-refractivity contribution in [3.8, 4) is 0 Å². The molecule has 0 amide bonds. The summed E-state index contributed by atoms with van der Waals surface area (Å²) in [5.41, 5.74) is 0.925. The molecular formula is C21H20FN3O2S2. The van der Waals surface area contributed by atoms with Gasteiger partial charge in [0.15, 0.2) is 5.11 Å².